The van der Waals surface area contributed by atoms with E-state index >= 15 is 0 Å². The molecular weight excluding hydrogens is 433 g/mol. The van der Waals surface area contributed by atoms with Crippen molar-refractivity contribution in [1.29, 1.82) is 0 Å². The van der Waals surface area contributed by atoms with Crippen LogP contribution in [0.3, 0.4) is 0 Å². The largest absolute Gasteiger partial charge is 0.416 e. The number of alkyl halides is 3. The number of anilines is 2. The first-order valence-electron chi connectivity index (χ1n) is 11.3. The zero-order valence-electron chi connectivity index (χ0n) is 18.4. The van der Waals surface area contributed by atoms with Gasteiger partial charge in [-0.1, -0.05) is 18.2 Å². The normalized spacial score (nSPS) is 18.4. The summed E-state index contributed by atoms with van der Waals surface area (Å²) >= 11 is 0. The highest BCUT2D eigenvalue weighted by Crippen LogP contribution is 2.30. The van der Waals surface area contributed by atoms with Gasteiger partial charge in [0.2, 0.25) is 0 Å². The van der Waals surface area contributed by atoms with Crippen molar-refractivity contribution in [3.05, 3.63) is 59.7 Å². The van der Waals surface area contributed by atoms with E-state index in [4.69, 9.17) is 0 Å². The van der Waals surface area contributed by atoms with Crippen molar-refractivity contribution in [2.75, 3.05) is 49.5 Å². The number of nitrogens with one attached hydrogen (secondary N) is 1. The monoisotopic (exact) mass is 462 g/mol. The third-order valence-corrected chi connectivity index (χ3v) is 6.31. The van der Waals surface area contributed by atoms with Crippen molar-refractivity contribution in [3.63, 3.8) is 0 Å². The molecule has 0 aromatic heterocycles. The van der Waals surface area contributed by atoms with E-state index in [-0.39, 0.29) is 12.1 Å². The van der Waals surface area contributed by atoms with Crippen LogP contribution >= 0.6 is 0 Å². The molecule has 0 unspecified atom stereocenters. The van der Waals surface area contributed by atoms with E-state index in [9.17, 15) is 23.1 Å². The van der Waals surface area contributed by atoms with Crippen molar-refractivity contribution in [3.8, 4) is 0 Å². The Morgan fingerprint density at radius 3 is 2.21 bits per heavy atom. The van der Waals surface area contributed by atoms with Crippen LogP contribution in [0.2, 0.25) is 0 Å². The first-order chi connectivity index (χ1) is 15.8. The number of piperidine rings is 1. The summed E-state index contributed by atoms with van der Waals surface area (Å²) in [6.45, 7) is 4.99. The third kappa shape index (κ3) is 5.97. The van der Waals surface area contributed by atoms with Gasteiger partial charge in [-0.25, -0.2) is 4.79 Å². The summed E-state index contributed by atoms with van der Waals surface area (Å²) in [6, 6.07) is 12.5. The first-order valence-corrected chi connectivity index (χ1v) is 11.3. The van der Waals surface area contributed by atoms with E-state index in [0.29, 0.717) is 31.9 Å². The molecule has 0 radical (unpaired) electrons. The van der Waals surface area contributed by atoms with Crippen LogP contribution in [-0.2, 0) is 12.7 Å². The van der Waals surface area contributed by atoms with Crippen LogP contribution in [-0.4, -0.2) is 66.3 Å². The molecule has 6 nitrogen and oxygen atoms in total. The third-order valence-electron chi connectivity index (χ3n) is 6.31. The Kier molecular flexibility index (Phi) is 7.09. The molecule has 33 heavy (non-hydrogen) atoms. The highest BCUT2D eigenvalue weighted by molar-refractivity contribution is 5.89. The Morgan fingerprint density at radius 2 is 1.58 bits per heavy atom. The topological polar surface area (TPSA) is 59.1 Å². The van der Waals surface area contributed by atoms with Gasteiger partial charge in [0.15, 0.2) is 0 Å². The number of hydrogen-bond donors (Lipinski definition) is 2. The lowest BCUT2D eigenvalue weighted by Crippen LogP contribution is -2.49. The summed E-state index contributed by atoms with van der Waals surface area (Å²) in [4.78, 5) is 18.9. The molecule has 0 atom stereocenters. The maximum Gasteiger partial charge on any atom is 0.416 e. The molecule has 4 rings (SSSR count). The lowest BCUT2D eigenvalue weighted by Gasteiger charge is -2.37. The fourth-order valence-electron chi connectivity index (χ4n) is 4.35. The van der Waals surface area contributed by atoms with Crippen LogP contribution in [0.15, 0.2) is 48.5 Å². The average Bonchev–Trinajstić information content (AvgIpc) is 2.80. The van der Waals surface area contributed by atoms with Gasteiger partial charge in [0.1, 0.15) is 0 Å². The van der Waals surface area contributed by atoms with E-state index in [0.717, 1.165) is 44.6 Å². The number of aliphatic hydroxyl groups excluding tert-OH is 1. The Bertz CT molecular complexity index is 935. The minimum absolute atomic E-state index is 0.213. The zero-order valence-corrected chi connectivity index (χ0v) is 18.4. The number of halogens is 3. The van der Waals surface area contributed by atoms with Gasteiger partial charge >= 0.3 is 12.2 Å². The van der Waals surface area contributed by atoms with Crippen molar-refractivity contribution in [2.45, 2.75) is 31.7 Å². The number of benzene rings is 2. The lowest BCUT2D eigenvalue weighted by atomic mass is 10.0. The SMILES string of the molecule is O=C(Nc1ccc(C(F)(F)F)cc1)N1CCN(Cc2ccccc2N2CCC(O)CC2)CC1. The quantitative estimate of drug-likeness (QED) is 0.721. The van der Waals surface area contributed by atoms with Crippen LogP contribution in [0, 0.1) is 0 Å². The second kappa shape index (κ2) is 10.0. The molecule has 2 heterocycles. The minimum Gasteiger partial charge on any atom is -0.393 e. The zero-order chi connectivity index (χ0) is 23.4. The smallest absolute Gasteiger partial charge is 0.393 e. The van der Waals surface area contributed by atoms with E-state index in [1.54, 1.807) is 4.90 Å². The number of rotatable bonds is 4. The molecule has 0 saturated carbocycles. The predicted molar refractivity (Wildman–Crippen MR) is 121 cm³/mol. The van der Waals surface area contributed by atoms with Gasteiger partial charge in [-0.3, -0.25) is 4.90 Å². The predicted octanol–water partition coefficient (Wildman–Crippen LogP) is 4.02. The number of hydrogen-bond acceptors (Lipinski definition) is 4. The fraction of sp³-hybridized carbons (Fsp3) is 0.458. The summed E-state index contributed by atoms with van der Waals surface area (Å²) in [6.07, 6.45) is -3.05. The van der Waals surface area contributed by atoms with Gasteiger partial charge < -0.3 is 20.2 Å². The van der Waals surface area contributed by atoms with Crippen molar-refractivity contribution in [2.24, 2.45) is 0 Å². The molecule has 2 saturated heterocycles. The van der Waals surface area contributed by atoms with Gasteiger partial charge in [-0.05, 0) is 48.7 Å². The molecule has 178 valence electrons. The Labute approximate surface area is 191 Å². The molecule has 2 fully saturated rings. The van der Waals surface area contributed by atoms with Gasteiger partial charge in [-0.15, -0.1) is 0 Å². The van der Waals surface area contributed by atoms with Gasteiger partial charge in [0.05, 0.1) is 11.7 Å². The molecule has 0 aliphatic carbocycles. The molecule has 2 aliphatic heterocycles. The van der Waals surface area contributed by atoms with Gasteiger partial charge in [-0.2, -0.15) is 13.2 Å². The van der Waals surface area contributed by atoms with Crippen LogP contribution in [0.5, 0.6) is 0 Å². The van der Waals surface area contributed by atoms with E-state index < -0.39 is 11.7 Å². The Morgan fingerprint density at radius 1 is 0.939 bits per heavy atom. The number of para-hydroxylation sites is 1. The molecule has 2 aliphatic rings. The van der Waals surface area contributed by atoms with Gasteiger partial charge in [0.25, 0.3) is 0 Å². The summed E-state index contributed by atoms with van der Waals surface area (Å²) in [5.41, 5.74) is 2.04. The second-order valence-corrected chi connectivity index (χ2v) is 8.62. The number of nitrogens with zero attached hydrogens (tertiary/aromatic N) is 3. The highest BCUT2D eigenvalue weighted by atomic mass is 19.4. The van der Waals surface area contributed by atoms with Gasteiger partial charge in [0, 0.05) is 57.2 Å². The molecule has 2 amide bonds. The molecule has 2 N–H and O–H groups in total. The van der Waals surface area contributed by atoms with E-state index in [1.807, 2.05) is 12.1 Å². The number of urea groups is 1. The van der Waals surface area contributed by atoms with E-state index in [1.165, 1.54) is 23.4 Å². The van der Waals surface area contributed by atoms with Crippen molar-refractivity contribution >= 4 is 17.4 Å². The summed E-state index contributed by atoms with van der Waals surface area (Å²) < 4.78 is 38.1. The standard InChI is InChI=1S/C24H29F3N4O2/c25-24(26,27)19-5-7-20(8-6-19)28-23(33)31-15-13-29(14-16-31)17-18-3-1-2-4-22(18)30-11-9-21(32)10-12-30/h1-8,21,32H,9-17H2,(H,28,33). The maximum atomic E-state index is 12.7. The minimum atomic E-state index is -4.40. The number of piperazine rings is 1. The molecule has 0 spiro atoms. The molecule has 0 bridgehead atoms. The highest BCUT2D eigenvalue weighted by Gasteiger charge is 2.30. The fourth-order valence-corrected chi connectivity index (χ4v) is 4.35. The number of carbonyl (C=O) groups excluding carboxylic acids is 1. The van der Waals surface area contributed by atoms with Crippen LogP contribution in [0.1, 0.15) is 24.0 Å². The molecule has 2 aromatic carbocycles. The lowest BCUT2D eigenvalue weighted by molar-refractivity contribution is -0.137. The maximum absolute atomic E-state index is 12.7. The van der Waals surface area contributed by atoms with Crippen LogP contribution in [0.4, 0.5) is 29.3 Å². The first kappa shape index (κ1) is 23.4. The van der Waals surface area contributed by atoms with Crippen molar-refractivity contribution < 1.29 is 23.1 Å². The van der Waals surface area contributed by atoms with Crippen LogP contribution < -0.4 is 10.2 Å². The number of carbonyl (C=O) groups is 1. The number of amides is 2. The Hall–Kier alpha value is -2.78. The second-order valence-electron chi connectivity index (χ2n) is 8.62. The molecule has 9 heteroatoms. The Balaban J connectivity index is 1.29. The summed E-state index contributed by atoms with van der Waals surface area (Å²) in [7, 11) is 0. The average molecular weight is 463 g/mol. The molecule has 2 aromatic rings. The number of aliphatic hydroxyl groups is 1. The van der Waals surface area contributed by atoms with Crippen LogP contribution in [0.25, 0.3) is 0 Å². The summed E-state index contributed by atoms with van der Waals surface area (Å²) in [5.74, 6) is 0. The molecular formula is C24H29F3N4O2. The van der Waals surface area contributed by atoms with E-state index in [2.05, 4.69) is 27.2 Å². The van der Waals surface area contributed by atoms with Crippen molar-refractivity contribution in [1.82, 2.24) is 9.80 Å². The summed E-state index contributed by atoms with van der Waals surface area (Å²) in [5, 5.41) is 12.5.